The predicted molar refractivity (Wildman–Crippen MR) is 80.4 cm³/mol. The highest BCUT2D eigenvalue weighted by Crippen LogP contribution is 2.36. The molecule has 0 spiro atoms. The molecule has 1 aromatic heterocycles. The van der Waals surface area contributed by atoms with E-state index in [2.05, 4.69) is 29.6 Å². The van der Waals surface area contributed by atoms with E-state index in [4.69, 9.17) is 9.47 Å². The molecule has 0 unspecified atom stereocenters. The van der Waals surface area contributed by atoms with E-state index in [1.165, 1.54) is 21.2 Å². The summed E-state index contributed by atoms with van der Waals surface area (Å²) < 4.78 is 11.7. The summed E-state index contributed by atoms with van der Waals surface area (Å²) in [5.41, 5.74) is 2.46. The van der Waals surface area contributed by atoms with Crippen molar-refractivity contribution < 1.29 is 9.47 Å². The second-order valence-electron chi connectivity index (χ2n) is 4.24. The van der Waals surface area contributed by atoms with Crippen molar-refractivity contribution in [3.05, 3.63) is 47.8 Å². The summed E-state index contributed by atoms with van der Waals surface area (Å²) in [6, 6.07) is 14.3. The number of thiophene rings is 1. The van der Waals surface area contributed by atoms with E-state index in [9.17, 15) is 0 Å². The van der Waals surface area contributed by atoms with Crippen molar-refractivity contribution >= 4 is 21.4 Å². The van der Waals surface area contributed by atoms with E-state index in [1.54, 1.807) is 25.6 Å². The molecule has 0 N–H and O–H groups in total. The van der Waals surface area contributed by atoms with E-state index in [0.717, 1.165) is 11.5 Å². The average Bonchev–Trinajstić information content (AvgIpc) is 2.90. The molecule has 0 saturated heterocycles. The molecular weight excluding hydrogens is 256 g/mol. The quantitative estimate of drug-likeness (QED) is 0.693. The second-order valence-corrected chi connectivity index (χ2v) is 5.15. The molecule has 0 aliphatic carbocycles. The summed E-state index contributed by atoms with van der Waals surface area (Å²) in [7, 11) is 3.38. The number of hydrogen-bond donors (Lipinski definition) is 0. The Hall–Kier alpha value is -2.00. The Kier molecular flexibility index (Phi) is 3.13. The largest absolute Gasteiger partial charge is 0.497 e. The molecule has 3 rings (SSSR count). The van der Waals surface area contributed by atoms with Crippen molar-refractivity contribution in [3.8, 4) is 22.6 Å². The zero-order valence-corrected chi connectivity index (χ0v) is 11.7. The highest BCUT2D eigenvalue weighted by Gasteiger charge is 2.07. The van der Waals surface area contributed by atoms with Gasteiger partial charge in [0.1, 0.15) is 11.5 Å². The first kappa shape index (κ1) is 12.1. The number of hydrogen-bond acceptors (Lipinski definition) is 3. The third-order valence-corrected chi connectivity index (χ3v) is 4.13. The fourth-order valence-electron chi connectivity index (χ4n) is 2.13. The van der Waals surface area contributed by atoms with Crippen LogP contribution in [0.25, 0.3) is 21.2 Å². The third-order valence-electron chi connectivity index (χ3n) is 3.18. The molecular formula is C16H14O2S. The van der Waals surface area contributed by atoms with Gasteiger partial charge in [0.25, 0.3) is 0 Å². The maximum Gasteiger partial charge on any atom is 0.120 e. The van der Waals surface area contributed by atoms with Gasteiger partial charge in [-0.15, -0.1) is 11.3 Å². The van der Waals surface area contributed by atoms with Crippen molar-refractivity contribution in [1.82, 2.24) is 0 Å². The lowest BCUT2D eigenvalue weighted by Gasteiger charge is -2.03. The molecule has 2 nitrogen and oxygen atoms in total. The van der Waals surface area contributed by atoms with Crippen LogP contribution in [-0.2, 0) is 0 Å². The molecule has 0 atom stereocenters. The molecule has 0 amide bonds. The van der Waals surface area contributed by atoms with Gasteiger partial charge in [-0.05, 0) is 41.3 Å². The summed E-state index contributed by atoms with van der Waals surface area (Å²) in [6.45, 7) is 0. The van der Waals surface area contributed by atoms with E-state index in [-0.39, 0.29) is 0 Å². The van der Waals surface area contributed by atoms with Crippen LogP contribution in [0.5, 0.6) is 11.5 Å². The lowest BCUT2D eigenvalue weighted by molar-refractivity contribution is 0.415. The Balaban J connectivity index is 2.09. The van der Waals surface area contributed by atoms with Gasteiger partial charge >= 0.3 is 0 Å². The summed E-state index contributed by atoms with van der Waals surface area (Å²) in [5, 5.41) is 3.45. The van der Waals surface area contributed by atoms with Crippen molar-refractivity contribution in [3.63, 3.8) is 0 Å². The second kappa shape index (κ2) is 4.94. The van der Waals surface area contributed by atoms with Gasteiger partial charge < -0.3 is 9.47 Å². The molecule has 1 heterocycles. The van der Waals surface area contributed by atoms with Crippen LogP contribution in [0.4, 0.5) is 0 Å². The zero-order valence-electron chi connectivity index (χ0n) is 10.8. The Morgan fingerprint density at radius 2 is 1.53 bits per heavy atom. The van der Waals surface area contributed by atoms with Gasteiger partial charge in [-0.3, -0.25) is 0 Å². The van der Waals surface area contributed by atoms with Crippen LogP contribution in [0.1, 0.15) is 0 Å². The van der Waals surface area contributed by atoms with E-state index in [1.807, 2.05) is 18.2 Å². The van der Waals surface area contributed by atoms with Crippen LogP contribution < -0.4 is 9.47 Å². The molecule has 0 saturated carbocycles. The zero-order chi connectivity index (χ0) is 13.2. The topological polar surface area (TPSA) is 18.5 Å². The maximum atomic E-state index is 5.26. The normalized spacial score (nSPS) is 10.6. The van der Waals surface area contributed by atoms with Crippen LogP contribution >= 0.6 is 11.3 Å². The summed E-state index contributed by atoms with van der Waals surface area (Å²) in [4.78, 5) is 0. The molecule has 19 heavy (non-hydrogen) atoms. The predicted octanol–water partition coefficient (Wildman–Crippen LogP) is 4.59. The smallest absolute Gasteiger partial charge is 0.120 e. The third kappa shape index (κ3) is 2.17. The first-order valence-electron chi connectivity index (χ1n) is 6.01. The van der Waals surface area contributed by atoms with Gasteiger partial charge in [-0.25, -0.2) is 0 Å². The minimum atomic E-state index is 0.880. The van der Waals surface area contributed by atoms with E-state index >= 15 is 0 Å². The molecule has 3 aromatic rings. The van der Waals surface area contributed by atoms with Crippen molar-refractivity contribution in [2.45, 2.75) is 0 Å². The van der Waals surface area contributed by atoms with Crippen LogP contribution in [-0.4, -0.2) is 14.2 Å². The molecule has 0 fully saturated rings. The fourth-order valence-corrected chi connectivity index (χ4v) is 3.13. The highest BCUT2D eigenvalue weighted by molar-refractivity contribution is 7.17. The number of methoxy groups -OCH3 is 2. The Morgan fingerprint density at radius 3 is 2.21 bits per heavy atom. The van der Waals surface area contributed by atoms with Crippen LogP contribution in [0.15, 0.2) is 47.8 Å². The lowest BCUT2D eigenvalue weighted by atomic mass is 10.0. The monoisotopic (exact) mass is 270 g/mol. The van der Waals surface area contributed by atoms with Crippen molar-refractivity contribution in [2.24, 2.45) is 0 Å². The Bertz CT molecular complexity index is 698. The number of rotatable bonds is 3. The molecule has 2 aromatic carbocycles. The van der Waals surface area contributed by atoms with Gasteiger partial charge in [0.15, 0.2) is 0 Å². The standard InChI is InChI=1S/C16H14O2S/c1-17-12-5-3-11(4-6-12)15-10-19-16-9-13(18-2)7-8-14(15)16/h3-10H,1-2H3. The first-order chi connectivity index (χ1) is 9.31. The SMILES string of the molecule is COc1ccc(-c2csc3cc(OC)ccc23)cc1. The summed E-state index contributed by atoms with van der Waals surface area (Å²) in [5.74, 6) is 1.78. The molecule has 0 aliphatic heterocycles. The van der Waals surface area contributed by atoms with Crippen LogP contribution in [0.3, 0.4) is 0 Å². The molecule has 0 bridgehead atoms. The highest BCUT2D eigenvalue weighted by atomic mass is 32.1. The molecule has 0 radical (unpaired) electrons. The maximum absolute atomic E-state index is 5.26. The van der Waals surface area contributed by atoms with Gasteiger partial charge in [0.2, 0.25) is 0 Å². The van der Waals surface area contributed by atoms with E-state index in [0.29, 0.717) is 0 Å². The minimum Gasteiger partial charge on any atom is -0.497 e. The van der Waals surface area contributed by atoms with Gasteiger partial charge in [-0.1, -0.05) is 12.1 Å². The lowest BCUT2D eigenvalue weighted by Crippen LogP contribution is -1.83. The minimum absolute atomic E-state index is 0.880. The molecule has 3 heteroatoms. The van der Waals surface area contributed by atoms with E-state index < -0.39 is 0 Å². The van der Waals surface area contributed by atoms with Crippen molar-refractivity contribution in [2.75, 3.05) is 14.2 Å². The first-order valence-corrected chi connectivity index (χ1v) is 6.89. The summed E-state index contributed by atoms with van der Waals surface area (Å²) in [6.07, 6.45) is 0. The number of fused-ring (bicyclic) bond motifs is 1. The van der Waals surface area contributed by atoms with Gasteiger partial charge in [0, 0.05) is 15.6 Å². The Morgan fingerprint density at radius 1 is 0.842 bits per heavy atom. The van der Waals surface area contributed by atoms with Crippen LogP contribution in [0, 0.1) is 0 Å². The fraction of sp³-hybridized carbons (Fsp3) is 0.125. The van der Waals surface area contributed by atoms with Gasteiger partial charge in [0.05, 0.1) is 14.2 Å². The number of ether oxygens (including phenoxy) is 2. The molecule has 0 aliphatic rings. The van der Waals surface area contributed by atoms with Crippen LogP contribution in [0.2, 0.25) is 0 Å². The van der Waals surface area contributed by atoms with Gasteiger partial charge in [-0.2, -0.15) is 0 Å². The number of benzene rings is 2. The Labute approximate surface area is 116 Å². The average molecular weight is 270 g/mol. The van der Waals surface area contributed by atoms with Crippen molar-refractivity contribution in [1.29, 1.82) is 0 Å². The summed E-state index contributed by atoms with van der Waals surface area (Å²) >= 11 is 1.74. The molecule has 96 valence electrons.